The number of rotatable bonds is 7. The number of amides is 1. The fraction of sp³-hybridized carbons (Fsp3) is 0.316. The van der Waals surface area contributed by atoms with Crippen molar-refractivity contribution < 1.29 is 14.3 Å². The van der Waals surface area contributed by atoms with Crippen LogP contribution in [0.25, 0.3) is 0 Å². The van der Waals surface area contributed by atoms with Gasteiger partial charge in [0, 0.05) is 5.02 Å². The van der Waals surface area contributed by atoms with Crippen LogP contribution in [0.15, 0.2) is 42.5 Å². The van der Waals surface area contributed by atoms with Crippen molar-refractivity contribution in [2.24, 2.45) is 0 Å². The Balaban J connectivity index is 1.85. The molecule has 0 radical (unpaired) electrons. The van der Waals surface area contributed by atoms with Gasteiger partial charge >= 0.3 is 0 Å². The summed E-state index contributed by atoms with van der Waals surface area (Å²) in [6.07, 6.45) is 0. The summed E-state index contributed by atoms with van der Waals surface area (Å²) >= 11 is 5.97. The van der Waals surface area contributed by atoms with Crippen molar-refractivity contribution >= 4 is 17.5 Å². The second-order valence-corrected chi connectivity index (χ2v) is 5.90. The van der Waals surface area contributed by atoms with E-state index in [1.807, 2.05) is 51.1 Å². The molecule has 1 atom stereocenters. The first kappa shape index (κ1) is 18.1. The first-order valence-corrected chi connectivity index (χ1v) is 8.28. The van der Waals surface area contributed by atoms with Crippen LogP contribution in [0.2, 0.25) is 5.02 Å². The second kappa shape index (κ2) is 8.60. The van der Waals surface area contributed by atoms with Crippen molar-refractivity contribution in [3.05, 3.63) is 58.6 Å². The molecule has 2 aromatic rings. The highest BCUT2D eigenvalue weighted by Gasteiger charge is 2.10. The quantitative estimate of drug-likeness (QED) is 0.812. The van der Waals surface area contributed by atoms with E-state index in [4.69, 9.17) is 21.1 Å². The summed E-state index contributed by atoms with van der Waals surface area (Å²) < 4.78 is 10.9. The van der Waals surface area contributed by atoms with Crippen molar-refractivity contribution in [2.75, 3.05) is 13.2 Å². The van der Waals surface area contributed by atoms with Gasteiger partial charge in [-0.1, -0.05) is 23.7 Å². The van der Waals surface area contributed by atoms with Crippen molar-refractivity contribution in [1.82, 2.24) is 5.32 Å². The Labute approximate surface area is 147 Å². The zero-order chi connectivity index (χ0) is 17.5. The Morgan fingerprint density at radius 3 is 2.42 bits per heavy atom. The summed E-state index contributed by atoms with van der Waals surface area (Å²) in [5.74, 6) is 1.27. The summed E-state index contributed by atoms with van der Waals surface area (Å²) in [5.41, 5.74) is 1.92. The van der Waals surface area contributed by atoms with Crippen LogP contribution in [0.1, 0.15) is 31.0 Å². The van der Waals surface area contributed by atoms with Crippen molar-refractivity contribution in [2.45, 2.75) is 26.8 Å². The molecule has 0 bridgehead atoms. The highest BCUT2D eigenvalue weighted by Crippen LogP contribution is 2.21. The number of ether oxygens (including phenoxy) is 2. The van der Waals surface area contributed by atoms with Crippen LogP contribution in [0.3, 0.4) is 0 Å². The summed E-state index contributed by atoms with van der Waals surface area (Å²) in [6.45, 7) is 6.36. The fourth-order valence-corrected chi connectivity index (χ4v) is 2.36. The third-order valence-electron chi connectivity index (χ3n) is 3.57. The van der Waals surface area contributed by atoms with E-state index in [0.717, 1.165) is 16.9 Å². The standard InChI is InChI=1S/C19H22ClNO3/c1-4-23-16-7-5-15(6-8-16)14(3)21-19(22)12-24-17-9-10-18(20)13(2)11-17/h5-11,14H,4,12H2,1-3H3,(H,21,22)/t14-/m1/s1. The van der Waals surface area contributed by atoms with E-state index in [2.05, 4.69) is 5.32 Å². The van der Waals surface area contributed by atoms with Gasteiger partial charge in [0.25, 0.3) is 5.91 Å². The normalized spacial score (nSPS) is 11.7. The van der Waals surface area contributed by atoms with Crippen LogP contribution in [-0.4, -0.2) is 19.1 Å². The monoisotopic (exact) mass is 347 g/mol. The molecule has 0 aliphatic heterocycles. The number of benzene rings is 2. The van der Waals surface area contributed by atoms with E-state index in [9.17, 15) is 4.79 Å². The molecule has 1 N–H and O–H groups in total. The number of carbonyl (C=O) groups is 1. The first-order valence-electron chi connectivity index (χ1n) is 7.90. The Morgan fingerprint density at radius 2 is 1.79 bits per heavy atom. The molecular formula is C19H22ClNO3. The van der Waals surface area contributed by atoms with Crippen LogP contribution in [0, 0.1) is 6.92 Å². The van der Waals surface area contributed by atoms with Gasteiger partial charge in [-0.15, -0.1) is 0 Å². The molecule has 24 heavy (non-hydrogen) atoms. The van der Waals surface area contributed by atoms with E-state index in [1.54, 1.807) is 12.1 Å². The van der Waals surface area contributed by atoms with Crippen LogP contribution < -0.4 is 14.8 Å². The molecule has 5 heteroatoms. The molecule has 1 amide bonds. The average Bonchev–Trinajstić information content (AvgIpc) is 2.57. The molecular weight excluding hydrogens is 326 g/mol. The SMILES string of the molecule is CCOc1ccc([C@@H](C)NC(=O)COc2ccc(Cl)c(C)c2)cc1. The van der Waals surface area contributed by atoms with Gasteiger partial charge < -0.3 is 14.8 Å². The van der Waals surface area contributed by atoms with Gasteiger partial charge in [-0.05, 0) is 62.2 Å². The number of aryl methyl sites for hydroxylation is 1. The lowest BCUT2D eigenvalue weighted by Crippen LogP contribution is -2.31. The molecule has 2 rings (SSSR count). The highest BCUT2D eigenvalue weighted by molar-refractivity contribution is 6.31. The van der Waals surface area contributed by atoms with Gasteiger partial charge in [-0.2, -0.15) is 0 Å². The first-order chi connectivity index (χ1) is 11.5. The molecule has 2 aromatic carbocycles. The molecule has 0 heterocycles. The minimum absolute atomic E-state index is 0.0392. The Morgan fingerprint density at radius 1 is 1.12 bits per heavy atom. The smallest absolute Gasteiger partial charge is 0.258 e. The van der Waals surface area contributed by atoms with Crippen LogP contribution in [0.4, 0.5) is 0 Å². The van der Waals surface area contributed by atoms with Crippen molar-refractivity contribution in [3.8, 4) is 11.5 Å². The van der Waals surface area contributed by atoms with Gasteiger partial charge in [0.2, 0.25) is 0 Å². The number of nitrogens with one attached hydrogen (secondary N) is 1. The largest absolute Gasteiger partial charge is 0.494 e. The maximum Gasteiger partial charge on any atom is 0.258 e. The van der Waals surface area contributed by atoms with Gasteiger partial charge in [0.15, 0.2) is 6.61 Å². The lowest BCUT2D eigenvalue weighted by atomic mass is 10.1. The van der Waals surface area contributed by atoms with Crippen LogP contribution >= 0.6 is 11.6 Å². The van der Waals surface area contributed by atoms with Gasteiger partial charge in [0.1, 0.15) is 11.5 Å². The summed E-state index contributed by atoms with van der Waals surface area (Å²) in [6, 6.07) is 12.9. The zero-order valence-corrected chi connectivity index (χ0v) is 14.9. The topological polar surface area (TPSA) is 47.6 Å². The molecule has 0 aromatic heterocycles. The molecule has 0 fully saturated rings. The Bertz CT molecular complexity index is 686. The summed E-state index contributed by atoms with van der Waals surface area (Å²) in [5, 5.41) is 3.59. The van der Waals surface area contributed by atoms with Gasteiger partial charge in [-0.3, -0.25) is 4.79 Å². The van der Waals surface area contributed by atoms with E-state index >= 15 is 0 Å². The van der Waals surface area contributed by atoms with Crippen molar-refractivity contribution in [3.63, 3.8) is 0 Å². The minimum atomic E-state index is -0.177. The lowest BCUT2D eigenvalue weighted by Gasteiger charge is -2.15. The summed E-state index contributed by atoms with van der Waals surface area (Å²) in [4.78, 5) is 12.0. The molecule has 0 saturated heterocycles. The Kier molecular flexibility index (Phi) is 6.50. The molecule has 0 aliphatic carbocycles. The molecule has 0 unspecified atom stereocenters. The average molecular weight is 348 g/mol. The zero-order valence-electron chi connectivity index (χ0n) is 14.1. The highest BCUT2D eigenvalue weighted by atomic mass is 35.5. The molecule has 0 aliphatic rings. The second-order valence-electron chi connectivity index (χ2n) is 5.49. The lowest BCUT2D eigenvalue weighted by molar-refractivity contribution is -0.123. The number of hydrogen-bond donors (Lipinski definition) is 1. The molecule has 4 nitrogen and oxygen atoms in total. The van der Waals surface area contributed by atoms with Crippen molar-refractivity contribution in [1.29, 1.82) is 0 Å². The number of hydrogen-bond acceptors (Lipinski definition) is 3. The molecule has 128 valence electrons. The van der Waals surface area contributed by atoms with E-state index in [0.29, 0.717) is 17.4 Å². The molecule has 0 saturated carbocycles. The number of halogens is 1. The van der Waals surface area contributed by atoms with Gasteiger partial charge in [-0.25, -0.2) is 0 Å². The van der Waals surface area contributed by atoms with Gasteiger partial charge in [0.05, 0.1) is 12.6 Å². The van der Waals surface area contributed by atoms with E-state index in [-0.39, 0.29) is 18.6 Å². The molecule has 0 spiro atoms. The predicted molar refractivity (Wildman–Crippen MR) is 95.9 cm³/mol. The maximum absolute atomic E-state index is 12.0. The Hall–Kier alpha value is -2.20. The fourth-order valence-electron chi connectivity index (χ4n) is 2.24. The maximum atomic E-state index is 12.0. The number of carbonyl (C=O) groups excluding carboxylic acids is 1. The van der Waals surface area contributed by atoms with E-state index in [1.165, 1.54) is 0 Å². The predicted octanol–water partition coefficient (Wildman–Crippen LogP) is 4.30. The minimum Gasteiger partial charge on any atom is -0.494 e. The van der Waals surface area contributed by atoms with Crippen LogP contribution in [-0.2, 0) is 4.79 Å². The van der Waals surface area contributed by atoms with Crippen LogP contribution in [0.5, 0.6) is 11.5 Å². The third-order valence-corrected chi connectivity index (χ3v) is 3.99. The summed E-state index contributed by atoms with van der Waals surface area (Å²) in [7, 11) is 0. The third kappa shape index (κ3) is 5.17. The van der Waals surface area contributed by atoms with E-state index < -0.39 is 0 Å².